The molecule has 3 aliphatic rings. The minimum Gasteiger partial charge on any atom is -0.455 e. The van der Waals surface area contributed by atoms with Gasteiger partial charge in [-0.25, -0.2) is 48.2 Å². The number of halogens is 1. The Morgan fingerprint density at radius 2 is 1.40 bits per heavy atom. The van der Waals surface area contributed by atoms with Crippen molar-refractivity contribution in [3.8, 4) is 0 Å². The van der Waals surface area contributed by atoms with Gasteiger partial charge in [0, 0.05) is 20.0 Å². The fourth-order valence-corrected chi connectivity index (χ4v) is 9.38. The zero-order valence-electron chi connectivity index (χ0n) is 31.2. The number of nitrogens with zero attached hydrogens (tertiary/aromatic N) is 9. The summed E-state index contributed by atoms with van der Waals surface area (Å²) in [6.45, 7) is -5.01. The van der Waals surface area contributed by atoms with Gasteiger partial charge in [-0.2, -0.15) is 0 Å². The number of hydrogen-bond acceptors (Lipinski definition) is 20. The molecule has 7 heterocycles. The lowest BCUT2D eigenvalue weighted by atomic mass is 10.1. The molecule has 0 saturated carbocycles. The first kappa shape index (κ1) is 42.4. The standard InChI is InChI=1S/C30H40FN11O12P2S2/c1-30(2,3)52-29(44)40(4)7-5-6-16(43)51-22-21-15(50-28(22)42-13-39-19-24(33)35-11-37-26(19)42)9-48-55(45,57)53-20-14(8-47-56(46,58)54-21)49-27(17(20)31)41-12-38-18-23(32)34-10-36-25(18)41/h10-15,17,20-22,27-28H,5-9H2,1-4H3,(H,45,57)(H,46,58)(H2,32,34,36)(H2,33,35,37)/t14?,15-,17-,20-,21-,22-,27-,28-,55-,56-/m1/s1. The summed E-state index contributed by atoms with van der Waals surface area (Å²) in [5.41, 5.74) is 11.8. The van der Waals surface area contributed by atoms with E-state index in [1.54, 1.807) is 20.8 Å². The van der Waals surface area contributed by atoms with Crippen molar-refractivity contribution in [1.29, 1.82) is 0 Å². The SMILES string of the molecule is CN(CCCC(=O)O[C@@H]1[C@@H]2O[P@](=O)(S)OCC3O[C@@H](n4cnc5c(N)ncnc54)[C@H](F)[C@@H]3O[P@](=O)(S)OC[C@H]2O[C@H]1n1cnc2c(N)ncnc21)C(=O)OC(C)(C)C. The minimum absolute atomic E-state index is 0.0352. The van der Waals surface area contributed by atoms with Gasteiger partial charge >= 0.3 is 25.7 Å². The Balaban J connectivity index is 1.14. The Labute approximate surface area is 339 Å². The largest absolute Gasteiger partial charge is 0.455 e. The van der Waals surface area contributed by atoms with Gasteiger partial charge in [-0.05, 0) is 27.2 Å². The van der Waals surface area contributed by atoms with Gasteiger partial charge in [0.15, 0.2) is 47.7 Å². The number of esters is 1. The van der Waals surface area contributed by atoms with E-state index in [2.05, 4.69) is 54.4 Å². The van der Waals surface area contributed by atoms with E-state index >= 15 is 4.39 Å². The van der Waals surface area contributed by atoms with Crippen molar-refractivity contribution in [2.45, 2.75) is 88.4 Å². The number of nitrogen functional groups attached to an aromatic ring is 2. The molecule has 0 bridgehead atoms. The van der Waals surface area contributed by atoms with E-state index < -0.39 is 93.6 Å². The van der Waals surface area contributed by atoms with Crippen LogP contribution < -0.4 is 11.5 Å². The van der Waals surface area contributed by atoms with Gasteiger partial charge in [-0.3, -0.25) is 32.0 Å². The molecule has 7 rings (SSSR count). The first-order chi connectivity index (χ1) is 27.3. The van der Waals surface area contributed by atoms with Crippen molar-refractivity contribution in [2.75, 3.05) is 38.3 Å². The van der Waals surface area contributed by atoms with Crippen LogP contribution in [0, 0.1) is 0 Å². The average molecular weight is 892 g/mol. The summed E-state index contributed by atoms with van der Waals surface area (Å²) in [7, 11) is 1.52. The maximum Gasteiger partial charge on any atom is 0.410 e. The quantitative estimate of drug-likeness (QED) is 0.117. The molecule has 28 heteroatoms. The molecule has 0 aromatic carbocycles. The topological polar surface area (TPSA) is 285 Å². The number of carbonyl (C=O) groups is 2. The smallest absolute Gasteiger partial charge is 0.410 e. The van der Waals surface area contributed by atoms with Crippen molar-refractivity contribution in [2.24, 2.45) is 0 Å². The fourth-order valence-electron chi connectivity index (χ4n) is 6.42. The van der Waals surface area contributed by atoms with Crippen LogP contribution in [0.2, 0.25) is 0 Å². The molecule has 1 amide bonds. The third-order valence-corrected chi connectivity index (χ3v) is 12.3. The first-order valence-electron chi connectivity index (χ1n) is 17.6. The summed E-state index contributed by atoms with van der Waals surface area (Å²) in [6, 6.07) is 0. The number of hydrogen-bond donors (Lipinski definition) is 4. The Hall–Kier alpha value is -3.71. The summed E-state index contributed by atoms with van der Waals surface area (Å²) >= 11 is 8.30. The molecule has 3 saturated heterocycles. The number of anilines is 2. The van der Waals surface area contributed by atoms with Gasteiger partial charge in [-0.1, -0.05) is 24.5 Å². The van der Waals surface area contributed by atoms with Crippen LogP contribution in [0.25, 0.3) is 22.3 Å². The predicted octanol–water partition coefficient (Wildman–Crippen LogP) is 3.42. The number of ether oxygens (including phenoxy) is 4. The normalized spacial score (nSPS) is 31.9. The number of imidazole rings is 2. The van der Waals surface area contributed by atoms with Crippen molar-refractivity contribution < 1.29 is 60.2 Å². The molecular formula is C30H40FN11O12P2S2. The molecule has 4 aromatic rings. The van der Waals surface area contributed by atoms with E-state index in [4.69, 9.17) is 48.5 Å². The monoisotopic (exact) mass is 891 g/mol. The van der Waals surface area contributed by atoms with Gasteiger partial charge in [0.1, 0.15) is 53.7 Å². The average Bonchev–Trinajstić information content (AvgIpc) is 3.91. The van der Waals surface area contributed by atoms with Crippen molar-refractivity contribution in [3.05, 3.63) is 25.3 Å². The predicted molar refractivity (Wildman–Crippen MR) is 205 cm³/mol. The number of amides is 1. The molecule has 23 nitrogen and oxygen atoms in total. The van der Waals surface area contributed by atoms with Gasteiger partial charge in [0.25, 0.3) is 0 Å². The van der Waals surface area contributed by atoms with Crippen LogP contribution in [-0.2, 0) is 51.0 Å². The van der Waals surface area contributed by atoms with Gasteiger partial charge in [0.2, 0.25) is 0 Å². The first-order valence-corrected chi connectivity index (χ1v) is 23.0. The molecule has 4 aromatic heterocycles. The van der Waals surface area contributed by atoms with Crippen LogP contribution in [0.15, 0.2) is 25.3 Å². The number of thiol groups is 2. The third-order valence-electron chi connectivity index (χ3n) is 9.04. The maximum absolute atomic E-state index is 16.3. The van der Waals surface area contributed by atoms with Gasteiger partial charge in [-0.15, -0.1) is 0 Å². The molecule has 0 radical (unpaired) electrons. The van der Waals surface area contributed by atoms with Crippen LogP contribution in [0.5, 0.6) is 0 Å². The second-order valence-electron chi connectivity index (χ2n) is 14.4. The zero-order valence-corrected chi connectivity index (χ0v) is 34.8. The molecule has 10 atom stereocenters. The number of aromatic nitrogens is 8. The van der Waals surface area contributed by atoms with E-state index in [0.29, 0.717) is 0 Å². The molecule has 58 heavy (non-hydrogen) atoms. The highest BCUT2D eigenvalue weighted by molar-refractivity contribution is 8.44. The van der Waals surface area contributed by atoms with Gasteiger partial charge < -0.3 is 35.3 Å². The van der Waals surface area contributed by atoms with Crippen molar-refractivity contribution in [1.82, 2.24) is 43.9 Å². The van der Waals surface area contributed by atoms with E-state index in [9.17, 15) is 18.7 Å². The Bertz CT molecular complexity index is 2290. The number of carbonyl (C=O) groups excluding carboxylic acids is 2. The van der Waals surface area contributed by atoms with Crippen LogP contribution in [0.4, 0.5) is 20.8 Å². The van der Waals surface area contributed by atoms with Crippen LogP contribution in [-0.4, -0.2) is 125 Å². The lowest BCUT2D eigenvalue weighted by Gasteiger charge is -2.29. The fraction of sp³-hybridized carbons (Fsp3) is 0.600. The van der Waals surface area contributed by atoms with Crippen LogP contribution in [0.3, 0.4) is 0 Å². The summed E-state index contributed by atoms with van der Waals surface area (Å²) in [6.07, 6.45) is -7.99. The molecule has 3 fully saturated rings. The van der Waals surface area contributed by atoms with Gasteiger partial charge in [0.05, 0.1) is 25.9 Å². The van der Waals surface area contributed by atoms with Crippen molar-refractivity contribution in [3.63, 3.8) is 0 Å². The number of fused-ring (bicyclic) bond motifs is 4. The highest BCUT2D eigenvalue weighted by Crippen LogP contribution is 2.60. The minimum atomic E-state index is -4.50. The molecule has 0 spiro atoms. The summed E-state index contributed by atoms with van der Waals surface area (Å²) in [4.78, 5) is 51.8. The molecular weight excluding hydrogens is 851 g/mol. The molecule has 0 aliphatic carbocycles. The third kappa shape index (κ3) is 9.05. The van der Waals surface area contributed by atoms with Crippen LogP contribution >= 0.6 is 38.1 Å². The summed E-state index contributed by atoms with van der Waals surface area (Å²) in [5.74, 6) is -0.699. The summed E-state index contributed by atoms with van der Waals surface area (Å²) < 4.78 is 93.0. The lowest BCUT2D eigenvalue weighted by molar-refractivity contribution is -0.158. The highest BCUT2D eigenvalue weighted by Gasteiger charge is 2.55. The second kappa shape index (κ2) is 16.4. The lowest BCUT2D eigenvalue weighted by Crippen LogP contribution is -2.40. The molecule has 1 unspecified atom stereocenters. The second-order valence-corrected chi connectivity index (χ2v) is 20.1. The Morgan fingerprint density at radius 1 is 0.879 bits per heavy atom. The number of nitrogens with two attached hydrogens (primary N) is 2. The van der Waals surface area contributed by atoms with E-state index in [1.807, 2.05) is 0 Å². The Morgan fingerprint density at radius 3 is 1.97 bits per heavy atom. The molecule has 4 N–H and O–H groups in total. The molecule has 316 valence electrons. The Kier molecular flexibility index (Phi) is 12.0. The van der Waals surface area contributed by atoms with E-state index in [-0.39, 0.29) is 53.3 Å². The van der Waals surface area contributed by atoms with Crippen LogP contribution in [0.1, 0.15) is 46.1 Å². The number of rotatable bonds is 7. The number of alkyl halides is 1. The van der Waals surface area contributed by atoms with E-state index in [0.717, 1.165) is 6.33 Å². The van der Waals surface area contributed by atoms with Crippen molar-refractivity contribution >= 4 is 84.1 Å². The highest BCUT2D eigenvalue weighted by atomic mass is 32.7. The maximum atomic E-state index is 16.3. The molecule has 3 aliphatic heterocycles. The zero-order chi connectivity index (χ0) is 41.7. The summed E-state index contributed by atoms with van der Waals surface area (Å²) in [5, 5.41) is 0. The van der Waals surface area contributed by atoms with E-state index in [1.165, 1.54) is 40.1 Å².